The minimum absolute atomic E-state index is 0.174. The molecule has 4 nitrogen and oxygen atoms in total. The number of carbonyl (C=O) groups excluding carboxylic acids is 1. The quantitative estimate of drug-likeness (QED) is 0.644. The first kappa shape index (κ1) is 15.4. The fourth-order valence-electron chi connectivity index (χ4n) is 1.17. The van der Waals surface area contributed by atoms with Crippen molar-refractivity contribution in [3.05, 3.63) is 16.1 Å². The number of nitrogens with zero attached hydrogens (tertiary/aromatic N) is 1. The number of pyridine rings is 1. The van der Waals surface area contributed by atoms with Crippen molar-refractivity contribution in [2.24, 2.45) is 0 Å². The van der Waals surface area contributed by atoms with Gasteiger partial charge in [0, 0.05) is 6.54 Å². The van der Waals surface area contributed by atoms with E-state index in [1.54, 1.807) is 13.0 Å². The zero-order valence-corrected chi connectivity index (χ0v) is 12.5. The highest BCUT2D eigenvalue weighted by Gasteiger charge is 2.11. The standard InChI is InChI=1S/C11H14Cl2N2O2S/c1-3-14-10-7(12)5-8(13)11(15-10)18-6-9(16)17-4-2/h5H,3-4,6H2,1-2H3,(H,14,15). The molecule has 0 saturated heterocycles. The van der Waals surface area contributed by atoms with Gasteiger partial charge in [0.15, 0.2) is 0 Å². The molecule has 0 aliphatic rings. The summed E-state index contributed by atoms with van der Waals surface area (Å²) in [5, 5.41) is 4.47. The van der Waals surface area contributed by atoms with Gasteiger partial charge in [-0.1, -0.05) is 35.0 Å². The van der Waals surface area contributed by atoms with Crippen LogP contribution in [0.5, 0.6) is 0 Å². The predicted molar refractivity (Wildman–Crippen MR) is 75.8 cm³/mol. The van der Waals surface area contributed by atoms with Gasteiger partial charge in [-0.15, -0.1) is 0 Å². The van der Waals surface area contributed by atoms with Crippen molar-refractivity contribution in [2.45, 2.75) is 18.9 Å². The molecular formula is C11H14Cl2N2O2S. The zero-order valence-electron chi connectivity index (χ0n) is 10.1. The number of hydrogen-bond acceptors (Lipinski definition) is 5. The number of nitrogens with one attached hydrogen (secondary N) is 1. The molecular weight excluding hydrogens is 295 g/mol. The number of rotatable bonds is 6. The number of ether oxygens (including phenoxy) is 1. The number of halogens is 2. The van der Waals surface area contributed by atoms with Crippen LogP contribution in [-0.4, -0.2) is 29.9 Å². The monoisotopic (exact) mass is 308 g/mol. The average Bonchev–Trinajstić information content (AvgIpc) is 2.31. The van der Waals surface area contributed by atoms with Crippen LogP contribution in [0.4, 0.5) is 5.82 Å². The van der Waals surface area contributed by atoms with E-state index in [0.29, 0.717) is 34.0 Å². The number of aromatic nitrogens is 1. The summed E-state index contributed by atoms with van der Waals surface area (Å²) >= 11 is 13.2. The lowest BCUT2D eigenvalue weighted by Gasteiger charge is -2.09. The second-order valence-electron chi connectivity index (χ2n) is 3.23. The molecule has 1 aromatic heterocycles. The van der Waals surface area contributed by atoms with Gasteiger partial charge < -0.3 is 10.1 Å². The summed E-state index contributed by atoms with van der Waals surface area (Å²) in [6.07, 6.45) is 0. The predicted octanol–water partition coefficient (Wildman–Crippen LogP) is 3.48. The van der Waals surface area contributed by atoms with E-state index in [2.05, 4.69) is 10.3 Å². The van der Waals surface area contributed by atoms with Gasteiger partial charge in [0.05, 0.1) is 22.4 Å². The lowest BCUT2D eigenvalue weighted by atomic mass is 10.4. The van der Waals surface area contributed by atoms with Crippen LogP contribution in [-0.2, 0) is 9.53 Å². The van der Waals surface area contributed by atoms with E-state index in [0.717, 1.165) is 0 Å². The summed E-state index contributed by atoms with van der Waals surface area (Å²) < 4.78 is 4.83. The Balaban J connectivity index is 2.75. The van der Waals surface area contributed by atoms with Crippen molar-refractivity contribution in [1.29, 1.82) is 0 Å². The first-order valence-electron chi connectivity index (χ1n) is 5.46. The van der Waals surface area contributed by atoms with Crippen LogP contribution in [0.2, 0.25) is 10.0 Å². The number of hydrogen-bond donors (Lipinski definition) is 1. The van der Waals surface area contributed by atoms with Gasteiger partial charge in [0.25, 0.3) is 0 Å². The molecule has 0 spiro atoms. The van der Waals surface area contributed by atoms with E-state index in [-0.39, 0.29) is 11.7 Å². The molecule has 100 valence electrons. The van der Waals surface area contributed by atoms with Crippen LogP contribution in [0.3, 0.4) is 0 Å². The highest BCUT2D eigenvalue weighted by Crippen LogP contribution is 2.31. The molecule has 0 saturated carbocycles. The lowest BCUT2D eigenvalue weighted by molar-refractivity contribution is -0.139. The van der Waals surface area contributed by atoms with Crippen LogP contribution in [0.25, 0.3) is 0 Å². The summed E-state index contributed by atoms with van der Waals surface area (Å²) in [6, 6.07) is 1.61. The minimum Gasteiger partial charge on any atom is -0.465 e. The number of esters is 1. The van der Waals surface area contributed by atoms with Crippen molar-refractivity contribution in [1.82, 2.24) is 4.98 Å². The summed E-state index contributed by atoms with van der Waals surface area (Å²) in [4.78, 5) is 15.5. The molecule has 0 unspecified atom stereocenters. The van der Waals surface area contributed by atoms with E-state index in [4.69, 9.17) is 27.9 Å². The molecule has 18 heavy (non-hydrogen) atoms. The maximum Gasteiger partial charge on any atom is 0.316 e. The van der Waals surface area contributed by atoms with Gasteiger partial charge in [-0.05, 0) is 19.9 Å². The Hall–Kier alpha value is -0.650. The highest BCUT2D eigenvalue weighted by molar-refractivity contribution is 8.00. The molecule has 0 amide bonds. The van der Waals surface area contributed by atoms with Gasteiger partial charge in [0.1, 0.15) is 10.8 Å². The summed E-state index contributed by atoms with van der Waals surface area (Å²) in [6.45, 7) is 4.78. The van der Waals surface area contributed by atoms with Crippen LogP contribution in [0.15, 0.2) is 11.1 Å². The van der Waals surface area contributed by atoms with Gasteiger partial charge in [-0.2, -0.15) is 0 Å². The molecule has 1 aromatic rings. The maximum absolute atomic E-state index is 11.2. The topological polar surface area (TPSA) is 51.2 Å². The smallest absolute Gasteiger partial charge is 0.316 e. The Labute approximate surface area is 120 Å². The van der Waals surface area contributed by atoms with Crippen molar-refractivity contribution >= 4 is 46.8 Å². The van der Waals surface area contributed by atoms with Crippen molar-refractivity contribution in [2.75, 3.05) is 24.2 Å². The Kier molecular flexibility index (Phi) is 6.60. The molecule has 1 N–H and O–H groups in total. The second-order valence-corrected chi connectivity index (χ2v) is 5.01. The second kappa shape index (κ2) is 7.71. The molecule has 0 aliphatic carbocycles. The van der Waals surface area contributed by atoms with E-state index < -0.39 is 0 Å². The van der Waals surface area contributed by atoms with Crippen molar-refractivity contribution < 1.29 is 9.53 Å². The normalized spacial score (nSPS) is 10.2. The largest absolute Gasteiger partial charge is 0.465 e. The lowest BCUT2D eigenvalue weighted by Crippen LogP contribution is -2.07. The van der Waals surface area contributed by atoms with Gasteiger partial charge in [-0.3, -0.25) is 4.79 Å². The summed E-state index contributed by atoms with van der Waals surface area (Å²) in [7, 11) is 0. The number of anilines is 1. The van der Waals surface area contributed by atoms with Crippen molar-refractivity contribution in [3.63, 3.8) is 0 Å². The van der Waals surface area contributed by atoms with Crippen LogP contribution < -0.4 is 5.32 Å². The molecule has 7 heteroatoms. The SMILES string of the molecule is CCNc1nc(SCC(=O)OCC)c(Cl)cc1Cl. The Bertz CT molecular complexity index is 430. The van der Waals surface area contributed by atoms with Crippen LogP contribution in [0, 0.1) is 0 Å². The highest BCUT2D eigenvalue weighted by atomic mass is 35.5. The molecule has 0 fully saturated rings. The van der Waals surface area contributed by atoms with Crippen LogP contribution >= 0.6 is 35.0 Å². The fourth-order valence-corrected chi connectivity index (χ4v) is 2.45. The number of carbonyl (C=O) groups is 1. The van der Waals surface area contributed by atoms with Crippen LogP contribution in [0.1, 0.15) is 13.8 Å². The molecule has 0 atom stereocenters. The van der Waals surface area contributed by atoms with Gasteiger partial charge in [0.2, 0.25) is 0 Å². The van der Waals surface area contributed by atoms with Gasteiger partial charge >= 0.3 is 5.97 Å². The van der Waals surface area contributed by atoms with E-state index >= 15 is 0 Å². The average molecular weight is 309 g/mol. The van der Waals surface area contributed by atoms with Gasteiger partial charge in [-0.25, -0.2) is 4.98 Å². The van der Waals surface area contributed by atoms with E-state index in [1.165, 1.54) is 11.8 Å². The fraction of sp³-hybridized carbons (Fsp3) is 0.455. The molecule has 0 bridgehead atoms. The third-order valence-corrected chi connectivity index (χ3v) is 3.53. The molecule has 0 aliphatic heterocycles. The molecule has 0 aromatic carbocycles. The number of thioether (sulfide) groups is 1. The zero-order chi connectivity index (χ0) is 13.5. The first-order valence-corrected chi connectivity index (χ1v) is 7.21. The molecule has 1 rings (SSSR count). The van der Waals surface area contributed by atoms with E-state index in [1.807, 2.05) is 6.92 Å². The molecule has 0 radical (unpaired) electrons. The minimum atomic E-state index is -0.291. The third-order valence-electron chi connectivity index (χ3n) is 1.87. The van der Waals surface area contributed by atoms with Crippen molar-refractivity contribution in [3.8, 4) is 0 Å². The maximum atomic E-state index is 11.2. The Morgan fingerprint density at radius 1 is 1.44 bits per heavy atom. The first-order chi connectivity index (χ1) is 8.58. The Morgan fingerprint density at radius 2 is 2.17 bits per heavy atom. The Morgan fingerprint density at radius 3 is 2.78 bits per heavy atom. The molecule has 1 heterocycles. The summed E-state index contributed by atoms with van der Waals surface area (Å²) in [5.41, 5.74) is 0. The summed E-state index contributed by atoms with van der Waals surface area (Å²) in [5.74, 6) is 0.448. The third kappa shape index (κ3) is 4.55. The van der Waals surface area contributed by atoms with E-state index in [9.17, 15) is 4.79 Å².